The molecule has 0 fully saturated rings. The normalized spacial score (nSPS) is 10.3. The lowest BCUT2D eigenvalue weighted by Crippen LogP contribution is -2.32. The molecule has 0 unspecified atom stereocenters. The molecule has 1 rings (SSSR count). The molecule has 0 amide bonds. The summed E-state index contributed by atoms with van der Waals surface area (Å²) in [6.07, 6.45) is 0. The Morgan fingerprint density at radius 1 is 1.24 bits per heavy atom. The fraction of sp³-hybridized carbons (Fsp3) is 0.231. The highest BCUT2D eigenvalue weighted by Gasteiger charge is 2.26. The highest BCUT2D eigenvalue weighted by atomic mass is 35.5. The minimum absolute atomic E-state index is 0.0689. The number of hydrogen-bond donors (Lipinski definition) is 1. The van der Waals surface area contributed by atoms with Crippen LogP contribution in [0.2, 0.25) is 5.02 Å². The fourth-order valence-electron chi connectivity index (χ4n) is 1.45. The van der Waals surface area contributed by atoms with Crippen molar-refractivity contribution in [3.05, 3.63) is 28.8 Å². The number of nitriles is 2. The van der Waals surface area contributed by atoms with Gasteiger partial charge >= 0.3 is 0 Å². The van der Waals surface area contributed by atoms with E-state index in [1.54, 1.807) is 12.1 Å². The Morgan fingerprint density at radius 3 is 2.33 bits per heavy atom. The quantitative estimate of drug-likeness (QED) is 0.649. The van der Waals surface area contributed by atoms with E-state index in [2.05, 4.69) is 11.8 Å². The third kappa shape index (κ3) is 4.19. The maximum atomic E-state index is 12.3. The van der Waals surface area contributed by atoms with Gasteiger partial charge in [0.2, 0.25) is 10.0 Å². The first-order valence-electron chi connectivity index (χ1n) is 5.60. The first-order valence-corrected chi connectivity index (χ1v) is 7.42. The minimum Gasteiger partial charge on any atom is -0.384 e. The largest absolute Gasteiger partial charge is 0.384 e. The molecule has 0 aliphatic heterocycles. The standard InChI is InChI=1S/C13H10ClN3O3S/c14-12-10-11(2-1-9-18)3-4-13(12)21(19,20)17(7-5-15)8-6-16/h3-4,10,18H,7-9H2. The zero-order valence-electron chi connectivity index (χ0n) is 10.7. The lowest BCUT2D eigenvalue weighted by Gasteiger charge is -2.16. The van der Waals surface area contributed by atoms with Crippen LogP contribution in [0, 0.1) is 34.5 Å². The van der Waals surface area contributed by atoms with Crippen molar-refractivity contribution in [1.29, 1.82) is 10.5 Å². The number of sulfonamides is 1. The Labute approximate surface area is 127 Å². The zero-order chi connectivity index (χ0) is 15.9. The predicted octanol–water partition coefficient (Wildman–Crippen LogP) is 0.722. The summed E-state index contributed by atoms with van der Waals surface area (Å²) in [6.45, 7) is -1.22. The van der Waals surface area contributed by atoms with E-state index in [1.807, 2.05) is 0 Å². The van der Waals surface area contributed by atoms with E-state index < -0.39 is 23.1 Å². The molecular formula is C13H10ClN3O3S. The van der Waals surface area contributed by atoms with Crippen LogP contribution in [0.25, 0.3) is 0 Å². The molecule has 21 heavy (non-hydrogen) atoms. The summed E-state index contributed by atoms with van der Waals surface area (Å²) in [7, 11) is -4.03. The molecule has 1 N–H and O–H groups in total. The van der Waals surface area contributed by atoms with Crippen molar-refractivity contribution in [2.24, 2.45) is 0 Å². The Kier molecular flexibility index (Phi) is 6.17. The van der Waals surface area contributed by atoms with Crippen LogP contribution in [-0.4, -0.2) is 37.5 Å². The number of nitrogens with zero attached hydrogens (tertiary/aromatic N) is 3. The van der Waals surface area contributed by atoms with Crippen molar-refractivity contribution >= 4 is 21.6 Å². The van der Waals surface area contributed by atoms with Crippen molar-refractivity contribution in [1.82, 2.24) is 4.31 Å². The molecule has 108 valence electrons. The van der Waals surface area contributed by atoms with Crippen LogP contribution in [0.15, 0.2) is 23.1 Å². The van der Waals surface area contributed by atoms with Gasteiger partial charge in [-0.3, -0.25) is 0 Å². The molecule has 0 bridgehead atoms. The van der Waals surface area contributed by atoms with Gasteiger partial charge in [0.25, 0.3) is 0 Å². The lowest BCUT2D eigenvalue weighted by molar-refractivity contribution is 0.350. The van der Waals surface area contributed by atoms with Crippen molar-refractivity contribution < 1.29 is 13.5 Å². The van der Waals surface area contributed by atoms with Crippen LogP contribution in [0.1, 0.15) is 5.56 Å². The van der Waals surface area contributed by atoms with E-state index >= 15 is 0 Å². The Morgan fingerprint density at radius 2 is 1.86 bits per heavy atom. The van der Waals surface area contributed by atoms with Crippen LogP contribution in [0.3, 0.4) is 0 Å². The number of aliphatic hydroxyl groups is 1. The van der Waals surface area contributed by atoms with Gasteiger partial charge < -0.3 is 5.11 Å². The molecule has 8 heteroatoms. The van der Waals surface area contributed by atoms with Crippen molar-refractivity contribution in [2.75, 3.05) is 19.7 Å². The van der Waals surface area contributed by atoms with Gasteiger partial charge in [0, 0.05) is 5.56 Å². The molecule has 1 aromatic rings. The molecule has 0 radical (unpaired) electrons. The Hall–Kier alpha value is -2.08. The summed E-state index contributed by atoms with van der Waals surface area (Å²) in [5, 5.41) is 25.8. The van der Waals surface area contributed by atoms with Gasteiger partial charge in [0.05, 0.1) is 17.2 Å². The van der Waals surface area contributed by atoms with Gasteiger partial charge in [-0.2, -0.15) is 14.8 Å². The molecule has 0 saturated heterocycles. The van der Waals surface area contributed by atoms with Gasteiger partial charge in [-0.15, -0.1) is 0 Å². The van der Waals surface area contributed by atoms with Gasteiger partial charge in [0.1, 0.15) is 24.6 Å². The molecular weight excluding hydrogens is 314 g/mol. The molecule has 0 spiro atoms. The number of benzene rings is 1. The summed E-state index contributed by atoms with van der Waals surface area (Å²) in [5.41, 5.74) is 0.445. The molecule has 1 aromatic carbocycles. The SMILES string of the molecule is N#CCN(CC#N)S(=O)(=O)c1ccc(C#CCO)cc1Cl. The first-order chi connectivity index (χ1) is 9.97. The van der Waals surface area contributed by atoms with Crippen LogP contribution in [-0.2, 0) is 10.0 Å². The van der Waals surface area contributed by atoms with Crippen LogP contribution in [0.4, 0.5) is 0 Å². The van der Waals surface area contributed by atoms with Gasteiger partial charge in [-0.1, -0.05) is 23.4 Å². The van der Waals surface area contributed by atoms with E-state index in [4.69, 9.17) is 27.2 Å². The smallest absolute Gasteiger partial charge is 0.246 e. The van der Waals surface area contributed by atoms with Gasteiger partial charge in [0.15, 0.2) is 0 Å². The van der Waals surface area contributed by atoms with E-state index in [9.17, 15) is 8.42 Å². The molecule has 0 aliphatic rings. The Balaban J connectivity index is 3.26. The van der Waals surface area contributed by atoms with E-state index in [-0.39, 0.29) is 16.5 Å². The summed E-state index contributed by atoms with van der Waals surface area (Å²) in [6, 6.07) is 7.40. The minimum atomic E-state index is -4.03. The second-order valence-electron chi connectivity index (χ2n) is 3.69. The number of rotatable bonds is 4. The van der Waals surface area contributed by atoms with E-state index in [1.165, 1.54) is 18.2 Å². The molecule has 0 heterocycles. The van der Waals surface area contributed by atoms with E-state index in [0.717, 1.165) is 4.31 Å². The Bertz CT molecular complexity index is 751. The number of halogens is 1. The van der Waals surface area contributed by atoms with E-state index in [0.29, 0.717) is 5.56 Å². The highest BCUT2D eigenvalue weighted by Crippen LogP contribution is 2.25. The molecule has 0 aliphatic carbocycles. The second-order valence-corrected chi connectivity index (χ2v) is 6.01. The topological polar surface area (TPSA) is 105 Å². The maximum absolute atomic E-state index is 12.3. The van der Waals surface area contributed by atoms with Crippen LogP contribution >= 0.6 is 11.6 Å². The summed E-state index contributed by atoms with van der Waals surface area (Å²) < 4.78 is 25.4. The first kappa shape index (κ1) is 17.0. The average Bonchev–Trinajstić information content (AvgIpc) is 2.44. The van der Waals surface area contributed by atoms with Gasteiger partial charge in [-0.25, -0.2) is 8.42 Å². The zero-order valence-corrected chi connectivity index (χ0v) is 12.3. The van der Waals surface area contributed by atoms with Gasteiger partial charge in [-0.05, 0) is 18.2 Å². The highest BCUT2D eigenvalue weighted by molar-refractivity contribution is 7.89. The fourth-order valence-corrected chi connectivity index (χ4v) is 3.20. The average molecular weight is 324 g/mol. The molecule has 6 nitrogen and oxygen atoms in total. The molecule has 0 saturated carbocycles. The second kappa shape index (κ2) is 7.64. The van der Waals surface area contributed by atoms with Crippen molar-refractivity contribution in [3.8, 4) is 24.0 Å². The van der Waals surface area contributed by atoms with Crippen LogP contribution in [0.5, 0.6) is 0 Å². The molecule has 0 atom stereocenters. The number of aliphatic hydroxyl groups excluding tert-OH is 1. The third-order valence-electron chi connectivity index (χ3n) is 2.36. The van der Waals surface area contributed by atoms with Crippen LogP contribution < -0.4 is 0 Å². The number of hydrogen-bond acceptors (Lipinski definition) is 5. The maximum Gasteiger partial charge on any atom is 0.246 e. The summed E-state index contributed by atoms with van der Waals surface area (Å²) in [4.78, 5) is -0.204. The third-order valence-corrected chi connectivity index (χ3v) is 4.63. The monoisotopic (exact) mass is 323 g/mol. The lowest BCUT2D eigenvalue weighted by atomic mass is 10.2. The van der Waals surface area contributed by atoms with Crippen molar-refractivity contribution in [3.63, 3.8) is 0 Å². The molecule has 0 aromatic heterocycles. The predicted molar refractivity (Wildman–Crippen MR) is 75.4 cm³/mol. The summed E-state index contributed by atoms with van der Waals surface area (Å²) in [5.74, 6) is 5.01. The van der Waals surface area contributed by atoms with Crippen molar-refractivity contribution in [2.45, 2.75) is 4.90 Å². The summed E-state index contributed by atoms with van der Waals surface area (Å²) >= 11 is 5.94.